The van der Waals surface area contributed by atoms with Gasteiger partial charge in [0, 0.05) is 19.3 Å². The molecule has 2 atom stereocenters. The summed E-state index contributed by atoms with van der Waals surface area (Å²) >= 11 is 3.65. The first-order valence-corrected chi connectivity index (χ1v) is 6.73. The number of halogens is 1. The van der Waals surface area contributed by atoms with E-state index in [4.69, 9.17) is 0 Å². The molecule has 0 saturated carbocycles. The summed E-state index contributed by atoms with van der Waals surface area (Å²) in [5.41, 5.74) is 1.26. The summed E-state index contributed by atoms with van der Waals surface area (Å²) in [7, 11) is 0. The van der Waals surface area contributed by atoms with Gasteiger partial charge in [0.05, 0.1) is 4.47 Å². The third-order valence-electron chi connectivity index (χ3n) is 3.23. The van der Waals surface area contributed by atoms with Gasteiger partial charge in [0.25, 0.3) is 0 Å². The molecule has 88 valence electrons. The lowest BCUT2D eigenvalue weighted by Gasteiger charge is -2.36. The van der Waals surface area contributed by atoms with Gasteiger partial charge in [-0.3, -0.25) is 0 Å². The monoisotopic (exact) mass is 282 g/mol. The van der Waals surface area contributed by atoms with Crippen LogP contribution in [0.5, 0.6) is 0 Å². The number of piperidine rings is 1. The first kappa shape index (κ1) is 11.9. The SMILES string of the molecule is Cc1ccnc(N2CC(C)CC(C)C2)c1Br. The Balaban J connectivity index is 2.26. The largest absolute Gasteiger partial charge is 0.355 e. The van der Waals surface area contributed by atoms with Crippen LogP contribution in [0.2, 0.25) is 0 Å². The van der Waals surface area contributed by atoms with Crippen LogP contribution in [0.4, 0.5) is 5.82 Å². The van der Waals surface area contributed by atoms with Crippen molar-refractivity contribution in [2.24, 2.45) is 11.8 Å². The summed E-state index contributed by atoms with van der Waals surface area (Å²) in [6.45, 7) is 9.02. The normalized spacial score (nSPS) is 25.9. The average molecular weight is 283 g/mol. The Morgan fingerprint density at radius 1 is 1.31 bits per heavy atom. The number of aryl methyl sites for hydroxylation is 1. The summed E-state index contributed by atoms with van der Waals surface area (Å²) in [5.74, 6) is 2.63. The van der Waals surface area contributed by atoms with Gasteiger partial charge in [0.15, 0.2) is 0 Å². The fraction of sp³-hybridized carbons (Fsp3) is 0.615. The molecule has 1 aliphatic rings. The Kier molecular flexibility index (Phi) is 3.53. The highest BCUT2D eigenvalue weighted by Gasteiger charge is 2.24. The maximum absolute atomic E-state index is 4.51. The summed E-state index contributed by atoms with van der Waals surface area (Å²) < 4.78 is 1.15. The number of rotatable bonds is 1. The molecule has 0 bridgehead atoms. The Hall–Kier alpha value is -0.570. The predicted octanol–water partition coefficient (Wildman–Crippen LogP) is 3.63. The number of nitrogens with zero attached hydrogens (tertiary/aromatic N) is 2. The Labute approximate surface area is 106 Å². The third-order valence-corrected chi connectivity index (χ3v) is 4.21. The molecule has 0 amide bonds. The quantitative estimate of drug-likeness (QED) is 0.782. The van der Waals surface area contributed by atoms with E-state index in [9.17, 15) is 0 Å². The zero-order valence-corrected chi connectivity index (χ0v) is 11.8. The fourth-order valence-electron chi connectivity index (χ4n) is 2.58. The maximum atomic E-state index is 4.51. The molecule has 1 fully saturated rings. The molecule has 0 N–H and O–H groups in total. The van der Waals surface area contributed by atoms with Crippen LogP contribution in [0, 0.1) is 18.8 Å². The van der Waals surface area contributed by atoms with Gasteiger partial charge in [-0.05, 0) is 52.7 Å². The summed E-state index contributed by atoms with van der Waals surface area (Å²) in [6, 6.07) is 2.05. The Bertz CT molecular complexity index is 368. The minimum Gasteiger partial charge on any atom is -0.355 e. The van der Waals surface area contributed by atoms with E-state index in [1.807, 2.05) is 12.3 Å². The average Bonchev–Trinajstić information content (AvgIpc) is 2.20. The zero-order valence-electron chi connectivity index (χ0n) is 10.2. The van der Waals surface area contributed by atoms with Gasteiger partial charge in [0.2, 0.25) is 0 Å². The van der Waals surface area contributed by atoms with Crippen LogP contribution in [-0.4, -0.2) is 18.1 Å². The van der Waals surface area contributed by atoms with Crippen molar-refractivity contribution in [1.82, 2.24) is 4.98 Å². The highest BCUT2D eigenvalue weighted by molar-refractivity contribution is 9.10. The molecule has 2 unspecified atom stereocenters. The van der Waals surface area contributed by atoms with E-state index in [2.05, 4.69) is 46.6 Å². The maximum Gasteiger partial charge on any atom is 0.143 e. The lowest BCUT2D eigenvalue weighted by Crippen LogP contribution is -2.39. The number of aromatic nitrogens is 1. The summed E-state index contributed by atoms with van der Waals surface area (Å²) in [5, 5.41) is 0. The van der Waals surface area contributed by atoms with E-state index in [0.717, 1.165) is 35.2 Å². The van der Waals surface area contributed by atoms with Crippen molar-refractivity contribution < 1.29 is 0 Å². The van der Waals surface area contributed by atoms with E-state index in [0.29, 0.717) is 0 Å². The molecule has 2 heterocycles. The third kappa shape index (κ3) is 2.40. The summed E-state index contributed by atoms with van der Waals surface area (Å²) in [6.07, 6.45) is 3.24. The molecule has 2 nitrogen and oxygen atoms in total. The molecule has 1 aromatic rings. The Morgan fingerprint density at radius 2 is 1.94 bits per heavy atom. The molecule has 0 spiro atoms. The van der Waals surface area contributed by atoms with Crippen LogP contribution >= 0.6 is 15.9 Å². The van der Waals surface area contributed by atoms with Crippen molar-refractivity contribution in [3.63, 3.8) is 0 Å². The van der Waals surface area contributed by atoms with Crippen molar-refractivity contribution >= 4 is 21.7 Å². The number of hydrogen-bond acceptors (Lipinski definition) is 2. The number of hydrogen-bond donors (Lipinski definition) is 0. The van der Waals surface area contributed by atoms with Gasteiger partial charge < -0.3 is 4.90 Å². The van der Waals surface area contributed by atoms with Crippen LogP contribution in [0.3, 0.4) is 0 Å². The van der Waals surface area contributed by atoms with E-state index in [1.165, 1.54) is 12.0 Å². The van der Waals surface area contributed by atoms with E-state index in [-0.39, 0.29) is 0 Å². The highest BCUT2D eigenvalue weighted by atomic mass is 79.9. The van der Waals surface area contributed by atoms with Gasteiger partial charge in [0.1, 0.15) is 5.82 Å². The predicted molar refractivity (Wildman–Crippen MR) is 71.8 cm³/mol. The topological polar surface area (TPSA) is 16.1 Å². The first-order chi connectivity index (χ1) is 7.58. The van der Waals surface area contributed by atoms with Gasteiger partial charge in [-0.2, -0.15) is 0 Å². The first-order valence-electron chi connectivity index (χ1n) is 5.94. The van der Waals surface area contributed by atoms with Crippen molar-refractivity contribution in [2.45, 2.75) is 27.2 Å². The van der Waals surface area contributed by atoms with Crippen molar-refractivity contribution in [3.05, 3.63) is 22.3 Å². The van der Waals surface area contributed by atoms with Crippen molar-refractivity contribution in [3.8, 4) is 0 Å². The molecule has 1 aliphatic heterocycles. The second-order valence-electron chi connectivity index (χ2n) is 5.12. The zero-order chi connectivity index (χ0) is 11.7. The Morgan fingerprint density at radius 3 is 2.56 bits per heavy atom. The van der Waals surface area contributed by atoms with Crippen LogP contribution in [0.1, 0.15) is 25.8 Å². The van der Waals surface area contributed by atoms with E-state index < -0.39 is 0 Å². The van der Waals surface area contributed by atoms with Gasteiger partial charge in [-0.15, -0.1) is 0 Å². The van der Waals surface area contributed by atoms with Crippen LogP contribution < -0.4 is 4.90 Å². The second-order valence-corrected chi connectivity index (χ2v) is 5.91. The van der Waals surface area contributed by atoms with E-state index in [1.54, 1.807) is 0 Å². The van der Waals surface area contributed by atoms with Crippen molar-refractivity contribution in [2.75, 3.05) is 18.0 Å². The molecule has 1 saturated heterocycles. The summed E-state index contributed by atoms with van der Waals surface area (Å²) in [4.78, 5) is 6.92. The molecular weight excluding hydrogens is 264 g/mol. The molecule has 1 aromatic heterocycles. The van der Waals surface area contributed by atoms with Crippen LogP contribution in [0.15, 0.2) is 16.7 Å². The highest BCUT2D eigenvalue weighted by Crippen LogP contribution is 2.31. The van der Waals surface area contributed by atoms with Gasteiger partial charge in [-0.25, -0.2) is 4.98 Å². The lowest BCUT2D eigenvalue weighted by molar-refractivity contribution is 0.355. The number of pyridine rings is 1. The molecule has 0 radical (unpaired) electrons. The molecule has 3 heteroatoms. The molecule has 16 heavy (non-hydrogen) atoms. The molecule has 0 aliphatic carbocycles. The minimum absolute atomic E-state index is 0.762. The van der Waals surface area contributed by atoms with E-state index >= 15 is 0 Å². The minimum atomic E-state index is 0.762. The molecule has 2 rings (SSSR count). The smallest absolute Gasteiger partial charge is 0.143 e. The molecule has 0 aromatic carbocycles. The molecular formula is C13H19BrN2. The fourth-order valence-corrected chi connectivity index (χ4v) is 3.07. The lowest BCUT2D eigenvalue weighted by atomic mass is 9.92. The second kappa shape index (κ2) is 4.74. The van der Waals surface area contributed by atoms with Crippen LogP contribution in [0.25, 0.3) is 0 Å². The van der Waals surface area contributed by atoms with Crippen molar-refractivity contribution in [1.29, 1.82) is 0 Å². The standard InChI is InChI=1S/C13H19BrN2/c1-9-6-10(2)8-16(7-9)13-12(14)11(3)4-5-15-13/h4-5,9-10H,6-8H2,1-3H3. The van der Waals surface area contributed by atoms with Crippen LogP contribution in [-0.2, 0) is 0 Å². The number of anilines is 1. The van der Waals surface area contributed by atoms with Gasteiger partial charge in [-0.1, -0.05) is 13.8 Å². The van der Waals surface area contributed by atoms with Gasteiger partial charge >= 0.3 is 0 Å².